The number of carbonyl (C=O) groups excluding carboxylic acids is 1. The van der Waals surface area contributed by atoms with Crippen molar-refractivity contribution >= 4 is 17.3 Å². The largest absolute Gasteiger partial charge is 0.382 e. The first-order valence-corrected chi connectivity index (χ1v) is 8.23. The van der Waals surface area contributed by atoms with Crippen LogP contribution in [0.15, 0.2) is 24.3 Å². The Balaban J connectivity index is 1.95. The van der Waals surface area contributed by atoms with E-state index in [-0.39, 0.29) is 11.8 Å². The highest BCUT2D eigenvalue weighted by atomic mass is 16.1. The van der Waals surface area contributed by atoms with Crippen LogP contribution in [0.5, 0.6) is 0 Å². The topological polar surface area (TPSA) is 41.1 Å². The smallest absolute Gasteiger partial charge is 0.226 e. The summed E-state index contributed by atoms with van der Waals surface area (Å²) < 4.78 is 0. The summed E-state index contributed by atoms with van der Waals surface area (Å²) in [6, 6.07) is 8.52. The molecule has 1 aliphatic rings. The Morgan fingerprint density at radius 2 is 1.76 bits per heavy atom. The second kappa shape index (κ2) is 7.48. The van der Waals surface area contributed by atoms with Gasteiger partial charge >= 0.3 is 0 Å². The number of amides is 1. The second-order valence-electron chi connectivity index (χ2n) is 6.56. The highest BCUT2D eigenvalue weighted by Gasteiger charge is 2.19. The Hall–Kier alpha value is -1.51. The number of hydrogen-bond donors (Lipinski definition) is 2. The Morgan fingerprint density at radius 1 is 1.10 bits per heavy atom. The van der Waals surface area contributed by atoms with Crippen molar-refractivity contribution in [1.82, 2.24) is 0 Å². The molecule has 1 fully saturated rings. The van der Waals surface area contributed by atoms with E-state index in [2.05, 4.69) is 23.6 Å². The van der Waals surface area contributed by atoms with E-state index in [9.17, 15) is 4.79 Å². The highest BCUT2D eigenvalue weighted by Crippen LogP contribution is 2.28. The fourth-order valence-corrected chi connectivity index (χ4v) is 2.99. The number of rotatable bonds is 5. The van der Waals surface area contributed by atoms with E-state index in [1.165, 1.54) is 32.1 Å². The number of carbonyl (C=O) groups is 1. The van der Waals surface area contributed by atoms with E-state index in [4.69, 9.17) is 0 Å². The summed E-state index contributed by atoms with van der Waals surface area (Å²) in [6.07, 6.45) is 6.78. The van der Waals surface area contributed by atoms with Gasteiger partial charge in [0.2, 0.25) is 5.91 Å². The molecule has 2 N–H and O–H groups in total. The van der Waals surface area contributed by atoms with Gasteiger partial charge in [-0.05, 0) is 43.9 Å². The molecular weight excluding hydrogens is 260 g/mol. The van der Waals surface area contributed by atoms with Crippen LogP contribution in [0.25, 0.3) is 0 Å². The summed E-state index contributed by atoms with van der Waals surface area (Å²) in [6.45, 7) is 6.08. The average molecular weight is 288 g/mol. The Bertz CT molecular complexity index is 464. The number of anilines is 2. The number of hydrogen-bond acceptors (Lipinski definition) is 2. The van der Waals surface area contributed by atoms with Crippen LogP contribution in [0.4, 0.5) is 11.4 Å². The molecule has 0 heterocycles. The molecule has 0 spiro atoms. The Kier molecular flexibility index (Phi) is 5.66. The summed E-state index contributed by atoms with van der Waals surface area (Å²) in [7, 11) is 0. The highest BCUT2D eigenvalue weighted by molar-refractivity contribution is 5.92. The molecule has 3 nitrogen and oxygen atoms in total. The first-order chi connectivity index (χ1) is 10.1. The first kappa shape index (κ1) is 15.9. The van der Waals surface area contributed by atoms with Crippen LogP contribution in [-0.4, -0.2) is 11.9 Å². The Labute approximate surface area is 128 Å². The van der Waals surface area contributed by atoms with E-state index in [0.29, 0.717) is 6.04 Å². The van der Waals surface area contributed by atoms with Crippen molar-refractivity contribution in [3.05, 3.63) is 24.3 Å². The molecule has 116 valence electrons. The van der Waals surface area contributed by atoms with Crippen molar-refractivity contribution < 1.29 is 4.79 Å². The maximum atomic E-state index is 11.8. The lowest BCUT2D eigenvalue weighted by Crippen LogP contribution is -2.27. The van der Waals surface area contributed by atoms with Crippen molar-refractivity contribution in [2.24, 2.45) is 11.8 Å². The van der Waals surface area contributed by atoms with Crippen LogP contribution in [0.3, 0.4) is 0 Å². The SMILES string of the molecule is CC(C)C(=O)Nc1cccc(NC(C)C2CCCCC2)c1. The van der Waals surface area contributed by atoms with E-state index in [0.717, 1.165) is 17.3 Å². The fraction of sp³-hybridized carbons (Fsp3) is 0.611. The van der Waals surface area contributed by atoms with Crippen LogP contribution in [0, 0.1) is 11.8 Å². The molecule has 1 atom stereocenters. The molecule has 1 aromatic carbocycles. The van der Waals surface area contributed by atoms with E-state index in [1.54, 1.807) is 0 Å². The lowest BCUT2D eigenvalue weighted by Gasteiger charge is -2.29. The molecule has 21 heavy (non-hydrogen) atoms. The molecule has 1 aliphatic carbocycles. The molecule has 3 heteroatoms. The third-order valence-corrected chi connectivity index (χ3v) is 4.41. The summed E-state index contributed by atoms with van der Waals surface area (Å²) in [4.78, 5) is 11.8. The summed E-state index contributed by atoms with van der Waals surface area (Å²) >= 11 is 0. The molecule has 2 rings (SSSR count). The molecule has 0 aliphatic heterocycles. The van der Waals surface area contributed by atoms with Gasteiger partial charge in [-0.15, -0.1) is 0 Å². The van der Waals surface area contributed by atoms with Gasteiger partial charge in [-0.3, -0.25) is 4.79 Å². The zero-order chi connectivity index (χ0) is 15.2. The third-order valence-electron chi connectivity index (χ3n) is 4.41. The monoisotopic (exact) mass is 288 g/mol. The lowest BCUT2D eigenvalue weighted by atomic mass is 9.84. The molecule has 0 aromatic heterocycles. The zero-order valence-corrected chi connectivity index (χ0v) is 13.5. The minimum atomic E-state index is 0.00257. The van der Waals surface area contributed by atoms with Crippen molar-refractivity contribution in [2.75, 3.05) is 10.6 Å². The second-order valence-corrected chi connectivity index (χ2v) is 6.56. The molecule has 0 saturated heterocycles. The van der Waals surface area contributed by atoms with Crippen molar-refractivity contribution in [3.63, 3.8) is 0 Å². The van der Waals surface area contributed by atoms with Crippen LogP contribution in [0.2, 0.25) is 0 Å². The van der Waals surface area contributed by atoms with Crippen LogP contribution < -0.4 is 10.6 Å². The van der Waals surface area contributed by atoms with E-state index in [1.807, 2.05) is 32.0 Å². The lowest BCUT2D eigenvalue weighted by molar-refractivity contribution is -0.118. The quantitative estimate of drug-likeness (QED) is 0.827. The number of nitrogens with one attached hydrogen (secondary N) is 2. The molecular formula is C18H28N2O. The fourth-order valence-electron chi connectivity index (χ4n) is 2.99. The molecule has 1 amide bonds. The van der Waals surface area contributed by atoms with Gasteiger partial charge in [-0.25, -0.2) is 0 Å². The first-order valence-electron chi connectivity index (χ1n) is 8.23. The maximum Gasteiger partial charge on any atom is 0.226 e. The predicted molar refractivity (Wildman–Crippen MR) is 89.6 cm³/mol. The summed E-state index contributed by atoms with van der Waals surface area (Å²) in [5, 5.41) is 6.56. The van der Waals surface area contributed by atoms with Gasteiger partial charge in [-0.1, -0.05) is 39.2 Å². The van der Waals surface area contributed by atoms with Gasteiger partial charge in [0.15, 0.2) is 0 Å². The van der Waals surface area contributed by atoms with Crippen LogP contribution >= 0.6 is 0 Å². The zero-order valence-electron chi connectivity index (χ0n) is 13.5. The minimum Gasteiger partial charge on any atom is -0.382 e. The number of benzene rings is 1. The third kappa shape index (κ3) is 4.76. The van der Waals surface area contributed by atoms with Gasteiger partial charge in [0, 0.05) is 23.3 Å². The van der Waals surface area contributed by atoms with Gasteiger partial charge in [0.1, 0.15) is 0 Å². The minimum absolute atomic E-state index is 0.00257. The van der Waals surface area contributed by atoms with Gasteiger partial charge in [0.25, 0.3) is 0 Å². The standard InChI is InChI=1S/C18H28N2O/c1-13(2)18(21)20-17-11-7-10-16(12-17)19-14(3)15-8-5-4-6-9-15/h7,10-15,19H,4-6,8-9H2,1-3H3,(H,20,21). The molecule has 1 unspecified atom stereocenters. The van der Waals surface area contributed by atoms with Crippen molar-refractivity contribution in [2.45, 2.75) is 58.9 Å². The van der Waals surface area contributed by atoms with Crippen molar-refractivity contribution in [3.8, 4) is 0 Å². The van der Waals surface area contributed by atoms with E-state index >= 15 is 0 Å². The summed E-state index contributed by atoms with van der Waals surface area (Å²) in [5.74, 6) is 0.836. The molecule has 0 bridgehead atoms. The van der Waals surface area contributed by atoms with Crippen molar-refractivity contribution in [1.29, 1.82) is 0 Å². The van der Waals surface area contributed by atoms with Gasteiger partial charge in [0.05, 0.1) is 0 Å². The van der Waals surface area contributed by atoms with Gasteiger partial charge < -0.3 is 10.6 Å². The normalized spacial score (nSPS) is 17.5. The average Bonchev–Trinajstić information content (AvgIpc) is 2.48. The van der Waals surface area contributed by atoms with Crippen LogP contribution in [0.1, 0.15) is 52.9 Å². The Morgan fingerprint density at radius 3 is 2.43 bits per heavy atom. The van der Waals surface area contributed by atoms with Gasteiger partial charge in [-0.2, -0.15) is 0 Å². The van der Waals surface area contributed by atoms with E-state index < -0.39 is 0 Å². The maximum absolute atomic E-state index is 11.8. The molecule has 0 radical (unpaired) electrons. The van der Waals surface area contributed by atoms with Crippen LogP contribution in [-0.2, 0) is 4.79 Å². The molecule has 1 saturated carbocycles. The predicted octanol–water partition coefficient (Wildman–Crippen LogP) is 4.66. The molecule has 1 aromatic rings. The summed E-state index contributed by atoms with van der Waals surface area (Å²) in [5.41, 5.74) is 1.96.